The fourth-order valence-electron chi connectivity index (χ4n) is 1.87. The van der Waals surface area contributed by atoms with Crippen LogP contribution in [-0.2, 0) is 9.53 Å². The number of nitrogens with one attached hydrogen (secondary N) is 3. The van der Waals surface area contributed by atoms with Crippen LogP contribution in [0.1, 0.15) is 43.5 Å². The van der Waals surface area contributed by atoms with Gasteiger partial charge in [-0.25, -0.2) is 0 Å². The maximum absolute atomic E-state index is 12.3. The summed E-state index contributed by atoms with van der Waals surface area (Å²) in [6.07, 6.45) is 3.10. The highest BCUT2D eigenvalue weighted by Gasteiger charge is 2.13. The van der Waals surface area contributed by atoms with Gasteiger partial charge in [-0.1, -0.05) is 31.9 Å². The van der Waals surface area contributed by atoms with E-state index in [9.17, 15) is 9.59 Å². The van der Waals surface area contributed by atoms with Crippen LogP contribution in [0.5, 0.6) is 5.75 Å². The van der Waals surface area contributed by atoms with Gasteiger partial charge < -0.3 is 9.47 Å². The zero-order valence-corrected chi connectivity index (χ0v) is 15.4. The van der Waals surface area contributed by atoms with Crippen molar-refractivity contribution in [1.29, 1.82) is 0 Å². The summed E-state index contributed by atoms with van der Waals surface area (Å²) in [6.45, 7) is 4.79. The third-order valence-corrected chi connectivity index (χ3v) is 3.32. The lowest BCUT2D eigenvalue weighted by Crippen LogP contribution is -2.49. The Morgan fingerprint density at radius 1 is 1.12 bits per heavy atom. The number of hydrogen-bond acceptors (Lipinski definition) is 5. The van der Waals surface area contributed by atoms with E-state index in [-0.39, 0.29) is 11.7 Å². The van der Waals surface area contributed by atoms with Crippen LogP contribution in [0.4, 0.5) is 0 Å². The molecule has 8 heteroatoms. The number of carbonyl (C=O) groups excluding carboxylic acids is 2. The van der Waals surface area contributed by atoms with Crippen LogP contribution in [0.15, 0.2) is 24.3 Å². The van der Waals surface area contributed by atoms with Gasteiger partial charge in [0.2, 0.25) is 0 Å². The van der Waals surface area contributed by atoms with Gasteiger partial charge in [-0.3, -0.25) is 25.8 Å². The van der Waals surface area contributed by atoms with Crippen molar-refractivity contribution in [2.45, 2.75) is 33.1 Å². The standard InChI is InChI=1S/C17H25N3O4S/c1-3-5-8-11-24-14-10-7-6-9-13(14)16(22)18-17(25)20-19-15(21)12-23-4-2/h6-7,9-10H,3-5,8,11-12H2,1-2H3,(H,19,21)(H2,18,20,22,25). The van der Waals surface area contributed by atoms with Gasteiger partial charge in [-0.05, 0) is 37.7 Å². The fraction of sp³-hybridized carbons (Fsp3) is 0.471. The molecular formula is C17H25N3O4S. The fourth-order valence-corrected chi connectivity index (χ4v) is 2.02. The normalized spacial score (nSPS) is 10.0. The van der Waals surface area contributed by atoms with E-state index in [4.69, 9.17) is 21.7 Å². The molecule has 0 aliphatic rings. The highest BCUT2D eigenvalue weighted by molar-refractivity contribution is 7.80. The minimum atomic E-state index is -0.414. The molecule has 7 nitrogen and oxygen atoms in total. The minimum Gasteiger partial charge on any atom is -0.493 e. The second-order valence-corrected chi connectivity index (χ2v) is 5.55. The molecule has 0 fully saturated rings. The molecule has 138 valence electrons. The van der Waals surface area contributed by atoms with Crippen LogP contribution in [0, 0.1) is 0 Å². The van der Waals surface area contributed by atoms with E-state index in [0.717, 1.165) is 19.3 Å². The molecule has 0 bridgehead atoms. The predicted molar refractivity (Wildman–Crippen MR) is 99.3 cm³/mol. The maximum Gasteiger partial charge on any atom is 0.264 e. The number of rotatable bonds is 9. The van der Waals surface area contributed by atoms with E-state index < -0.39 is 11.8 Å². The third kappa shape index (κ3) is 8.46. The molecule has 1 aromatic rings. The molecule has 0 atom stereocenters. The molecule has 0 aliphatic heterocycles. The van der Waals surface area contributed by atoms with Crippen molar-refractivity contribution < 1.29 is 19.1 Å². The van der Waals surface area contributed by atoms with Crippen molar-refractivity contribution in [2.75, 3.05) is 19.8 Å². The van der Waals surface area contributed by atoms with Gasteiger partial charge in [0, 0.05) is 6.61 Å². The molecule has 0 unspecified atom stereocenters. The molecule has 2 amide bonds. The largest absolute Gasteiger partial charge is 0.493 e. The SMILES string of the molecule is CCCCCOc1ccccc1C(=O)NC(=S)NNC(=O)COCC. The molecule has 3 N–H and O–H groups in total. The van der Waals surface area contributed by atoms with E-state index in [0.29, 0.717) is 24.5 Å². The Morgan fingerprint density at radius 3 is 2.60 bits per heavy atom. The molecule has 1 rings (SSSR count). The third-order valence-electron chi connectivity index (χ3n) is 3.12. The Balaban J connectivity index is 2.50. The number of ether oxygens (including phenoxy) is 2. The van der Waals surface area contributed by atoms with E-state index in [1.807, 2.05) is 0 Å². The Hall–Kier alpha value is -2.19. The number of hydrazine groups is 1. The maximum atomic E-state index is 12.3. The van der Waals surface area contributed by atoms with E-state index in [1.54, 1.807) is 31.2 Å². The second kappa shape index (κ2) is 12.2. The van der Waals surface area contributed by atoms with Crippen LogP contribution in [0.25, 0.3) is 0 Å². The van der Waals surface area contributed by atoms with Gasteiger partial charge in [0.1, 0.15) is 12.4 Å². The second-order valence-electron chi connectivity index (χ2n) is 5.15. The van der Waals surface area contributed by atoms with Gasteiger partial charge in [-0.2, -0.15) is 0 Å². The van der Waals surface area contributed by atoms with E-state index >= 15 is 0 Å². The molecular weight excluding hydrogens is 342 g/mol. The first kappa shape index (κ1) is 20.9. The lowest BCUT2D eigenvalue weighted by atomic mass is 10.2. The average molecular weight is 367 g/mol. The first-order chi connectivity index (χ1) is 12.1. The number of benzene rings is 1. The monoisotopic (exact) mass is 367 g/mol. The molecule has 1 aromatic carbocycles. The average Bonchev–Trinajstić information content (AvgIpc) is 2.62. The molecule has 0 saturated carbocycles. The summed E-state index contributed by atoms with van der Waals surface area (Å²) in [5.74, 6) is -0.306. The molecule has 0 radical (unpaired) electrons. The molecule has 0 aromatic heterocycles. The van der Waals surface area contributed by atoms with Gasteiger partial charge in [0.15, 0.2) is 5.11 Å². The van der Waals surface area contributed by atoms with Gasteiger partial charge in [-0.15, -0.1) is 0 Å². The number of para-hydroxylation sites is 1. The Morgan fingerprint density at radius 2 is 1.88 bits per heavy atom. The molecule has 0 aliphatic carbocycles. The number of amides is 2. The topological polar surface area (TPSA) is 88.7 Å². The summed E-state index contributed by atoms with van der Waals surface area (Å²) in [7, 11) is 0. The van der Waals surface area contributed by atoms with Gasteiger partial charge in [0.25, 0.3) is 11.8 Å². The highest BCUT2D eigenvalue weighted by atomic mass is 32.1. The van der Waals surface area contributed by atoms with Gasteiger partial charge in [0.05, 0.1) is 12.2 Å². The zero-order valence-electron chi connectivity index (χ0n) is 14.6. The van der Waals surface area contributed by atoms with Gasteiger partial charge >= 0.3 is 0 Å². The lowest BCUT2D eigenvalue weighted by molar-refractivity contribution is -0.126. The Labute approximate surface area is 153 Å². The van der Waals surface area contributed by atoms with Crippen LogP contribution in [0.2, 0.25) is 0 Å². The summed E-state index contributed by atoms with van der Waals surface area (Å²) < 4.78 is 10.6. The Kier molecular flexibility index (Phi) is 10.2. The number of hydrogen-bond donors (Lipinski definition) is 3. The van der Waals surface area contributed by atoms with Crippen molar-refractivity contribution in [2.24, 2.45) is 0 Å². The number of thiocarbonyl (C=S) groups is 1. The Bertz CT molecular complexity index is 581. The molecule has 25 heavy (non-hydrogen) atoms. The summed E-state index contributed by atoms with van der Waals surface area (Å²) in [5, 5.41) is 2.48. The van der Waals surface area contributed by atoms with Crippen LogP contribution >= 0.6 is 12.2 Å². The predicted octanol–water partition coefficient (Wildman–Crippen LogP) is 1.93. The number of carbonyl (C=O) groups is 2. The summed E-state index contributed by atoms with van der Waals surface area (Å²) >= 11 is 4.99. The van der Waals surface area contributed by atoms with Crippen LogP contribution in [-0.4, -0.2) is 36.7 Å². The van der Waals surface area contributed by atoms with Crippen LogP contribution in [0.3, 0.4) is 0 Å². The molecule has 0 saturated heterocycles. The first-order valence-electron chi connectivity index (χ1n) is 8.28. The van der Waals surface area contributed by atoms with Crippen LogP contribution < -0.4 is 20.9 Å². The lowest BCUT2D eigenvalue weighted by Gasteiger charge is -2.13. The van der Waals surface area contributed by atoms with Crippen molar-refractivity contribution in [1.82, 2.24) is 16.2 Å². The molecule has 0 spiro atoms. The zero-order chi connectivity index (χ0) is 18.5. The van der Waals surface area contributed by atoms with E-state index in [2.05, 4.69) is 23.1 Å². The van der Waals surface area contributed by atoms with Crippen molar-refractivity contribution in [3.63, 3.8) is 0 Å². The quantitative estimate of drug-likeness (QED) is 0.351. The summed E-state index contributed by atoms with van der Waals surface area (Å²) in [6, 6.07) is 6.94. The summed E-state index contributed by atoms with van der Waals surface area (Å²) in [4.78, 5) is 23.7. The molecule has 0 heterocycles. The summed E-state index contributed by atoms with van der Waals surface area (Å²) in [5.41, 5.74) is 5.16. The smallest absolute Gasteiger partial charge is 0.264 e. The first-order valence-corrected chi connectivity index (χ1v) is 8.69. The van der Waals surface area contributed by atoms with Crippen molar-refractivity contribution in [3.8, 4) is 5.75 Å². The number of unbranched alkanes of at least 4 members (excludes halogenated alkanes) is 2. The van der Waals surface area contributed by atoms with Crippen molar-refractivity contribution in [3.05, 3.63) is 29.8 Å². The minimum absolute atomic E-state index is 0.0179. The highest BCUT2D eigenvalue weighted by Crippen LogP contribution is 2.18. The van der Waals surface area contributed by atoms with Crippen molar-refractivity contribution >= 4 is 29.1 Å². The van der Waals surface area contributed by atoms with E-state index in [1.165, 1.54) is 0 Å².